The zero-order chi connectivity index (χ0) is 26.7. The number of methoxy groups -OCH3 is 2. The molecule has 0 spiro atoms. The maximum absolute atomic E-state index is 13.2. The number of pyridine rings is 1. The van der Waals surface area contributed by atoms with Crippen LogP contribution in [0.25, 0.3) is 22.2 Å². The van der Waals surface area contributed by atoms with E-state index in [1.165, 1.54) is 4.57 Å². The summed E-state index contributed by atoms with van der Waals surface area (Å²) in [5.41, 5.74) is 10.1. The van der Waals surface area contributed by atoms with E-state index in [-0.39, 0.29) is 5.56 Å². The number of nitrogens with zero attached hydrogens (tertiary/aromatic N) is 5. The molecule has 194 valence electrons. The van der Waals surface area contributed by atoms with Crippen LogP contribution in [0.15, 0.2) is 53.5 Å². The zero-order valence-electron chi connectivity index (χ0n) is 22.1. The van der Waals surface area contributed by atoms with Crippen molar-refractivity contribution < 1.29 is 9.47 Å². The molecule has 10 heteroatoms. The Hall–Kier alpha value is -4.31. The summed E-state index contributed by atoms with van der Waals surface area (Å²) in [5, 5.41) is 3.93. The van der Waals surface area contributed by atoms with Gasteiger partial charge in [-0.1, -0.05) is 12.1 Å². The molecule has 4 aromatic rings. The molecule has 0 bridgehead atoms. The van der Waals surface area contributed by atoms with Gasteiger partial charge >= 0.3 is 0 Å². The molecule has 0 atom stereocenters. The number of nitrogens with one attached hydrogen (secondary N) is 1. The van der Waals surface area contributed by atoms with Gasteiger partial charge in [0.05, 0.1) is 31.3 Å². The number of aromatic nitrogens is 3. The molecule has 2 aromatic carbocycles. The fourth-order valence-electron chi connectivity index (χ4n) is 4.08. The topological polar surface area (TPSA) is 111 Å². The average Bonchev–Trinajstić information content (AvgIpc) is 2.89. The van der Waals surface area contributed by atoms with Gasteiger partial charge in [-0.2, -0.15) is 4.98 Å². The van der Waals surface area contributed by atoms with E-state index in [0.29, 0.717) is 40.0 Å². The number of benzene rings is 2. The second-order valence-corrected chi connectivity index (χ2v) is 9.09. The monoisotopic (exact) mass is 503 g/mol. The van der Waals surface area contributed by atoms with Crippen LogP contribution in [0.3, 0.4) is 0 Å². The SMILES string of the molecule is COc1cccc(-c2cc3cnc(Nc4cc(N)c(N(C)CCN(C)C)cc4OC)nc3n(C)c2=O)c1. The van der Waals surface area contributed by atoms with E-state index in [2.05, 4.69) is 25.1 Å². The number of aryl methyl sites for hydroxylation is 1. The van der Waals surface area contributed by atoms with E-state index in [1.807, 2.05) is 51.5 Å². The van der Waals surface area contributed by atoms with Crippen LogP contribution in [0, 0.1) is 0 Å². The molecule has 0 aliphatic carbocycles. The van der Waals surface area contributed by atoms with E-state index in [0.717, 1.165) is 29.7 Å². The lowest BCUT2D eigenvalue weighted by molar-refractivity contribution is 0.413. The highest BCUT2D eigenvalue weighted by Gasteiger charge is 2.15. The van der Waals surface area contributed by atoms with Crippen molar-refractivity contribution >= 4 is 34.0 Å². The van der Waals surface area contributed by atoms with Gasteiger partial charge in [0.25, 0.3) is 5.56 Å². The van der Waals surface area contributed by atoms with E-state index < -0.39 is 0 Å². The molecule has 0 saturated carbocycles. The highest BCUT2D eigenvalue weighted by atomic mass is 16.5. The number of hydrogen-bond donors (Lipinski definition) is 2. The van der Waals surface area contributed by atoms with Crippen LogP contribution in [0.4, 0.5) is 23.0 Å². The van der Waals surface area contributed by atoms with Gasteiger partial charge in [0.1, 0.15) is 17.1 Å². The molecule has 0 aliphatic heterocycles. The first kappa shape index (κ1) is 25.8. The van der Waals surface area contributed by atoms with Crippen molar-refractivity contribution in [3.63, 3.8) is 0 Å². The first-order valence-electron chi connectivity index (χ1n) is 11.8. The van der Waals surface area contributed by atoms with Crippen LogP contribution in [0.1, 0.15) is 0 Å². The largest absolute Gasteiger partial charge is 0.497 e. The quantitative estimate of drug-likeness (QED) is 0.332. The van der Waals surface area contributed by atoms with Crippen LogP contribution in [0.2, 0.25) is 0 Å². The van der Waals surface area contributed by atoms with Gasteiger partial charge in [0.2, 0.25) is 5.95 Å². The Labute approximate surface area is 216 Å². The molecule has 4 rings (SSSR count). The second kappa shape index (κ2) is 10.8. The van der Waals surface area contributed by atoms with E-state index >= 15 is 0 Å². The minimum Gasteiger partial charge on any atom is -0.497 e. The number of nitrogens with two attached hydrogens (primary N) is 1. The Morgan fingerprint density at radius 3 is 2.54 bits per heavy atom. The van der Waals surface area contributed by atoms with E-state index in [4.69, 9.17) is 15.2 Å². The molecule has 0 radical (unpaired) electrons. The van der Waals surface area contributed by atoms with Crippen LogP contribution in [-0.2, 0) is 7.05 Å². The summed E-state index contributed by atoms with van der Waals surface area (Å²) in [6.07, 6.45) is 1.69. The predicted molar refractivity (Wildman–Crippen MR) is 149 cm³/mol. The van der Waals surface area contributed by atoms with Crippen LogP contribution >= 0.6 is 0 Å². The van der Waals surface area contributed by atoms with E-state index in [9.17, 15) is 4.79 Å². The Bertz CT molecular complexity index is 1480. The number of hydrogen-bond acceptors (Lipinski definition) is 9. The maximum atomic E-state index is 13.2. The zero-order valence-corrected chi connectivity index (χ0v) is 22.1. The number of ether oxygens (including phenoxy) is 2. The molecule has 0 unspecified atom stereocenters. The second-order valence-electron chi connectivity index (χ2n) is 9.09. The van der Waals surface area contributed by atoms with Crippen LogP contribution in [0.5, 0.6) is 11.5 Å². The summed E-state index contributed by atoms with van der Waals surface area (Å²) < 4.78 is 12.5. The minimum atomic E-state index is -0.169. The van der Waals surface area contributed by atoms with Crippen molar-refractivity contribution in [3.05, 3.63) is 59.0 Å². The fraction of sp³-hybridized carbons (Fsp3) is 0.296. The molecule has 10 nitrogen and oxygen atoms in total. The normalized spacial score (nSPS) is 11.1. The maximum Gasteiger partial charge on any atom is 0.259 e. The molecule has 0 aliphatic rings. The number of rotatable bonds is 9. The minimum absolute atomic E-state index is 0.169. The number of fused-ring (bicyclic) bond motifs is 1. The fourth-order valence-corrected chi connectivity index (χ4v) is 4.08. The Morgan fingerprint density at radius 2 is 1.84 bits per heavy atom. The summed E-state index contributed by atoms with van der Waals surface area (Å²) in [7, 11) is 11.0. The summed E-state index contributed by atoms with van der Waals surface area (Å²) in [6, 6.07) is 12.9. The first-order chi connectivity index (χ1) is 17.7. The van der Waals surface area contributed by atoms with Crippen LogP contribution < -0.4 is 31.0 Å². The number of likely N-dealkylation sites (N-methyl/N-ethyl adjacent to an activating group) is 2. The molecular weight excluding hydrogens is 470 g/mol. The molecule has 37 heavy (non-hydrogen) atoms. The Kier molecular flexibility index (Phi) is 7.49. The van der Waals surface area contributed by atoms with Gasteiger partial charge in [-0.05, 0) is 43.9 Å². The number of nitrogen functional groups attached to an aromatic ring is 1. The number of anilines is 4. The van der Waals surface area contributed by atoms with Crippen molar-refractivity contribution in [2.24, 2.45) is 7.05 Å². The molecule has 0 saturated heterocycles. The van der Waals surface area contributed by atoms with Crippen molar-refractivity contribution in [2.75, 3.05) is 64.4 Å². The predicted octanol–water partition coefficient (Wildman–Crippen LogP) is 3.34. The van der Waals surface area contributed by atoms with Gasteiger partial charge in [-0.15, -0.1) is 0 Å². The third-order valence-corrected chi connectivity index (χ3v) is 6.22. The van der Waals surface area contributed by atoms with Crippen molar-refractivity contribution in [1.82, 2.24) is 19.4 Å². The smallest absolute Gasteiger partial charge is 0.259 e. The van der Waals surface area contributed by atoms with Crippen molar-refractivity contribution in [3.8, 4) is 22.6 Å². The van der Waals surface area contributed by atoms with Gasteiger partial charge in [-0.3, -0.25) is 9.36 Å². The van der Waals surface area contributed by atoms with Crippen molar-refractivity contribution in [1.29, 1.82) is 0 Å². The molecule has 0 amide bonds. The summed E-state index contributed by atoms with van der Waals surface area (Å²) in [5.74, 6) is 1.61. The van der Waals surface area contributed by atoms with Gasteiger partial charge in [-0.25, -0.2) is 4.98 Å². The molecular formula is C27H33N7O3. The highest BCUT2D eigenvalue weighted by Crippen LogP contribution is 2.36. The first-order valence-corrected chi connectivity index (χ1v) is 11.8. The summed E-state index contributed by atoms with van der Waals surface area (Å²) in [4.78, 5) is 26.5. The standard InChI is InChI=1S/C27H33N7O3/c1-32(2)10-11-33(3)23-15-24(37-6)22(14-21(23)28)30-27-29-16-18-13-20(26(35)34(4)25(18)31-27)17-8-7-9-19(12-17)36-5/h7-9,12-16H,10-11,28H2,1-6H3,(H,29,30,31). The third kappa shape index (κ3) is 5.44. The lowest BCUT2D eigenvalue weighted by atomic mass is 10.1. The lowest BCUT2D eigenvalue weighted by Crippen LogP contribution is -2.29. The molecule has 2 heterocycles. The Morgan fingerprint density at radius 1 is 1.05 bits per heavy atom. The van der Waals surface area contributed by atoms with Crippen LogP contribution in [-0.4, -0.2) is 67.9 Å². The average molecular weight is 504 g/mol. The Balaban J connectivity index is 1.67. The third-order valence-electron chi connectivity index (χ3n) is 6.22. The molecule has 3 N–H and O–H groups in total. The van der Waals surface area contributed by atoms with Gasteiger partial charge in [0, 0.05) is 50.4 Å². The molecule has 2 aromatic heterocycles. The van der Waals surface area contributed by atoms with E-state index in [1.54, 1.807) is 39.6 Å². The summed E-state index contributed by atoms with van der Waals surface area (Å²) in [6.45, 7) is 1.70. The summed E-state index contributed by atoms with van der Waals surface area (Å²) >= 11 is 0. The highest BCUT2D eigenvalue weighted by molar-refractivity contribution is 5.83. The van der Waals surface area contributed by atoms with Crippen molar-refractivity contribution in [2.45, 2.75) is 0 Å². The van der Waals surface area contributed by atoms with Gasteiger partial charge in [0.15, 0.2) is 0 Å². The van der Waals surface area contributed by atoms with Gasteiger partial charge < -0.3 is 30.3 Å². The lowest BCUT2D eigenvalue weighted by Gasteiger charge is -2.24. The molecule has 0 fully saturated rings.